The highest BCUT2D eigenvalue weighted by Gasteiger charge is 2.44. The molecule has 1 atom stereocenters. The predicted octanol–water partition coefficient (Wildman–Crippen LogP) is 5.30. The van der Waals surface area contributed by atoms with Crippen LogP contribution in [0.15, 0.2) is 72.8 Å². The molecule has 3 aromatic rings. The van der Waals surface area contributed by atoms with E-state index in [1.165, 1.54) is 41.3 Å². The number of carbonyl (C=O) groups is 2. The van der Waals surface area contributed by atoms with Gasteiger partial charge in [0.2, 0.25) is 5.91 Å². The molecule has 0 aliphatic carbocycles. The van der Waals surface area contributed by atoms with Gasteiger partial charge in [0.25, 0.3) is 5.91 Å². The van der Waals surface area contributed by atoms with E-state index in [1.807, 2.05) is 11.8 Å². The summed E-state index contributed by atoms with van der Waals surface area (Å²) in [5, 5.41) is 3.18. The maximum Gasteiger partial charge on any atom is 0.256 e. The maximum atomic E-state index is 13.7. The van der Waals surface area contributed by atoms with Gasteiger partial charge in [-0.1, -0.05) is 6.92 Å². The molecule has 2 amide bonds. The molecular weight excluding hydrogens is 584 g/mol. The average molecular weight is 622 g/mol. The highest BCUT2D eigenvalue weighted by atomic mass is 32.1. The number of carbonyl (C=O) groups excluding carboxylic acids is 2. The number of nitrogens with zero attached hydrogens (tertiary/aromatic N) is 4. The van der Waals surface area contributed by atoms with Crippen molar-refractivity contribution in [3.63, 3.8) is 0 Å². The lowest BCUT2D eigenvalue weighted by Gasteiger charge is -2.36. The molecule has 2 aliphatic rings. The largest absolute Gasteiger partial charge is 0.494 e. The minimum absolute atomic E-state index is 0.0822. The maximum absolute atomic E-state index is 13.7. The third-order valence-electron chi connectivity index (χ3n) is 7.83. The van der Waals surface area contributed by atoms with E-state index in [4.69, 9.17) is 17.0 Å². The van der Waals surface area contributed by atoms with Crippen LogP contribution >= 0.6 is 12.2 Å². The number of hydrogen-bond donors (Lipinski definition) is 1. The van der Waals surface area contributed by atoms with Crippen LogP contribution in [0.25, 0.3) is 0 Å². The van der Waals surface area contributed by atoms with E-state index in [0.717, 1.165) is 57.0 Å². The molecule has 2 fully saturated rings. The summed E-state index contributed by atoms with van der Waals surface area (Å²) in [6.45, 7) is 7.31. The Hall–Kier alpha value is -4.09. The van der Waals surface area contributed by atoms with Gasteiger partial charge in [0.1, 0.15) is 23.4 Å². The molecule has 0 unspecified atom stereocenters. The van der Waals surface area contributed by atoms with E-state index in [9.17, 15) is 18.4 Å². The predicted molar refractivity (Wildman–Crippen MR) is 172 cm³/mol. The number of anilines is 3. The number of benzene rings is 3. The van der Waals surface area contributed by atoms with E-state index in [1.54, 1.807) is 36.4 Å². The smallest absolute Gasteiger partial charge is 0.256 e. The molecule has 0 saturated carbocycles. The van der Waals surface area contributed by atoms with E-state index < -0.39 is 11.9 Å². The Labute approximate surface area is 262 Å². The average Bonchev–Trinajstić information content (AvgIpc) is 3.25. The van der Waals surface area contributed by atoms with E-state index in [2.05, 4.69) is 15.1 Å². The summed E-state index contributed by atoms with van der Waals surface area (Å²) >= 11 is 5.76. The molecule has 232 valence electrons. The van der Waals surface area contributed by atoms with Crippen molar-refractivity contribution in [3.05, 3.63) is 84.4 Å². The number of hydrogen-bond acceptors (Lipinski definition) is 6. The lowest BCUT2D eigenvalue weighted by Crippen LogP contribution is -2.47. The standard InChI is InChI=1S/C33H37F2N5O3S/c1-2-22-43-29-14-8-26(9-15-29)36-31(41)23-30-32(42)40(28-12-6-25(35)7-13-28)33(44)39(30)17-3-16-37-18-20-38(21-19-37)27-10-4-24(34)5-11-27/h4-15,30H,2-3,16-23H2,1H3,(H,36,41)/t30-/m0/s1. The number of rotatable bonds is 12. The molecular formula is C33H37F2N5O3S. The first-order valence-corrected chi connectivity index (χ1v) is 15.4. The van der Waals surface area contributed by atoms with Gasteiger partial charge >= 0.3 is 0 Å². The molecule has 2 heterocycles. The second-order valence-electron chi connectivity index (χ2n) is 10.9. The molecule has 8 nitrogen and oxygen atoms in total. The Kier molecular flexibility index (Phi) is 10.4. The van der Waals surface area contributed by atoms with E-state index >= 15 is 0 Å². The zero-order valence-corrected chi connectivity index (χ0v) is 25.6. The zero-order chi connectivity index (χ0) is 31.1. The van der Waals surface area contributed by atoms with Crippen LogP contribution in [0.1, 0.15) is 26.2 Å². The topological polar surface area (TPSA) is 68.4 Å². The Bertz CT molecular complexity index is 1430. The van der Waals surface area contributed by atoms with E-state index in [0.29, 0.717) is 29.6 Å². The molecule has 0 radical (unpaired) electrons. The van der Waals surface area contributed by atoms with Gasteiger partial charge in [0.15, 0.2) is 5.11 Å². The fraction of sp³-hybridized carbons (Fsp3) is 0.364. The van der Waals surface area contributed by atoms with Crippen LogP contribution in [0.3, 0.4) is 0 Å². The molecule has 0 aromatic heterocycles. The Morgan fingerprint density at radius 2 is 1.50 bits per heavy atom. The molecule has 0 bridgehead atoms. The van der Waals surface area contributed by atoms with Gasteiger partial charge < -0.3 is 19.9 Å². The van der Waals surface area contributed by atoms with Crippen molar-refractivity contribution in [3.8, 4) is 5.75 Å². The SMILES string of the molecule is CCCOc1ccc(NC(=O)C[C@H]2C(=O)N(c3ccc(F)cc3)C(=S)N2CCCN2CCN(c3ccc(F)cc3)CC2)cc1. The van der Waals surface area contributed by atoms with Crippen molar-refractivity contribution in [2.75, 3.05) is 61.0 Å². The second kappa shape index (κ2) is 14.6. The van der Waals surface area contributed by atoms with Crippen molar-refractivity contribution in [2.24, 2.45) is 0 Å². The van der Waals surface area contributed by atoms with Gasteiger partial charge in [-0.25, -0.2) is 8.78 Å². The van der Waals surface area contributed by atoms with Gasteiger partial charge in [-0.15, -0.1) is 0 Å². The Balaban J connectivity index is 1.20. The summed E-state index contributed by atoms with van der Waals surface area (Å²) in [4.78, 5) is 34.6. The summed E-state index contributed by atoms with van der Waals surface area (Å²) in [6, 6.07) is 18.5. The first-order chi connectivity index (χ1) is 21.3. The van der Waals surface area contributed by atoms with Crippen LogP contribution in [-0.4, -0.2) is 78.6 Å². The van der Waals surface area contributed by atoms with Crippen molar-refractivity contribution in [2.45, 2.75) is 32.2 Å². The number of piperazine rings is 1. The molecule has 5 rings (SSSR count). The number of amides is 2. The zero-order valence-electron chi connectivity index (χ0n) is 24.8. The normalized spacial score (nSPS) is 17.3. The van der Waals surface area contributed by atoms with Crippen LogP contribution in [0, 0.1) is 11.6 Å². The van der Waals surface area contributed by atoms with Gasteiger partial charge in [-0.05, 0) is 104 Å². The van der Waals surface area contributed by atoms with Gasteiger partial charge in [0, 0.05) is 44.1 Å². The summed E-state index contributed by atoms with van der Waals surface area (Å²) < 4.78 is 32.6. The third kappa shape index (κ3) is 7.70. The minimum Gasteiger partial charge on any atom is -0.494 e. The van der Waals surface area contributed by atoms with Crippen LogP contribution in [-0.2, 0) is 9.59 Å². The number of ether oxygens (including phenoxy) is 1. The van der Waals surface area contributed by atoms with Crippen molar-refractivity contribution >= 4 is 46.2 Å². The van der Waals surface area contributed by atoms with Crippen molar-refractivity contribution in [1.29, 1.82) is 0 Å². The summed E-state index contributed by atoms with van der Waals surface area (Å²) in [5.41, 5.74) is 2.08. The van der Waals surface area contributed by atoms with E-state index in [-0.39, 0.29) is 24.1 Å². The lowest BCUT2D eigenvalue weighted by atomic mass is 10.1. The van der Waals surface area contributed by atoms with Crippen LogP contribution in [0.2, 0.25) is 0 Å². The van der Waals surface area contributed by atoms with Gasteiger partial charge in [-0.2, -0.15) is 0 Å². The molecule has 2 saturated heterocycles. The van der Waals surface area contributed by atoms with Crippen molar-refractivity contribution in [1.82, 2.24) is 9.80 Å². The molecule has 2 aliphatic heterocycles. The minimum atomic E-state index is -0.782. The monoisotopic (exact) mass is 621 g/mol. The molecule has 1 N–H and O–H groups in total. The number of nitrogens with one attached hydrogen (secondary N) is 1. The summed E-state index contributed by atoms with van der Waals surface area (Å²) in [7, 11) is 0. The number of thiocarbonyl (C=S) groups is 1. The highest BCUT2D eigenvalue weighted by Crippen LogP contribution is 2.28. The fourth-order valence-electron chi connectivity index (χ4n) is 5.50. The van der Waals surface area contributed by atoms with Crippen LogP contribution < -0.4 is 19.9 Å². The summed E-state index contributed by atoms with van der Waals surface area (Å²) in [5.74, 6) is -0.556. The first-order valence-electron chi connectivity index (χ1n) is 15.0. The second-order valence-corrected chi connectivity index (χ2v) is 11.3. The summed E-state index contributed by atoms with van der Waals surface area (Å²) in [6.07, 6.45) is 1.55. The quantitative estimate of drug-likeness (QED) is 0.276. The molecule has 11 heteroatoms. The Morgan fingerprint density at radius 1 is 0.886 bits per heavy atom. The first kappa shape index (κ1) is 31.3. The lowest BCUT2D eigenvalue weighted by molar-refractivity contribution is -0.124. The van der Waals surface area contributed by atoms with Gasteiger partial charge in [-0.3, -0.25) is 19.4 Å². The molecule has 3 aromatic carbocycles. The third-order valence-corrected chi connectivity index (χ3v) is 8.25. The van der Waals surface area contributed by atoms with Crippen LogP contribution in [0.4, 0.5) is 25.8 Å². The highest BCUT2D eigenvalue weighted by molar-refractivity contribution is 7.80. The Morgan fingerprint density at radius 3 is 2.11 bits per heavy atom. The van der Waals surface area contributed by atoms with Gasteiger partial charge in [0.05, 0.1) is 18.7 Å². The molecule has 44 heavy (non-hydrogen) atoms. The van der Waals surface area contributed by atoms with Crippen LogP contribution in [0.5, 0.6) is 5.75 Å². The van der Waals surface area contributed by atoms with Crippen molar-refractivity contribution < 1.29 is 23.1 Å². The molecule has 0 spiro atoms. The number of halogens is 2. The fourth-order valence-corrected chi connectivity index (χ4v) is 5.92.